The van der Waals surface area contributed by atoms with Gasteiger partial charge >= 0.3 is 0 Å². The van der Waals surface area contributed by atoms with Crippen LogP contribution in [0.4, 0.5) is 0 Å². The van der Waals surface area contributed by atoms with Gasteiger partial charge in [-0.25, -0.2) is 4.68 Å². The summed E-state index contributed by atoms with van der Waals surface area (Å²) in [7, 11) is 0. The predicted octanol–water partition coefficient (Wildman–Crippen LogP) is 1.18. The van der Waals surface area contributed by atoms with E-state index in [1.165, 1.54) is 12.8 Å². The molecule has 1 aromatic rings. The van der Waals surface area contributed by atoms with Crippen LogP contribution in [0.1, 0.15) is 39.3 Å². The Balaban J connectivity index is 1.81. The van der Waals surface area contributed by atoms with Gasteiger partial charge in [0.25, 0.3) is 0 Å². The summed E-state index contributed by atoms with van der Waals surface area (Å²) in [4.78, 5) is 0. The van der Waals surface area contributed by atoms with Crippen molar-refractivity contribution in [3.8, 4) is 0 Å². The van der Waals surface area contributed by atoms with E-state index >= 15 is 0 Å². The lowest BCUT2D eigenvalue weighted by atomic mass is 9.93. The molecule has 5 heteroatoms. The highest BCUT2D eigenvalue weighted by Crippen LogP contribution is 2.27. The van der Waals surface area contributed by atoms with Gasteiger partial charge in [0, 0.05) is 12.7 Å². The van der Waals surface area contributed by atoms with Gasteiger partial charge in [0.2, 0.25) is 0 Å². The number of hydrogen-bond donors (Lipinski definition) is 2. The second kappa shape index (κ2) is 5.36. The number of nitrogens with one attached hydrogen (secondary N) is 1. The van der Waals surface area contributed by atoms with Gasteiger partial charge in [-0.1, -0.05) is 19.1 Å². The Bertz CT molecular complexity index is 382. The fraction of sp³-hybridized carbons (Fsp3) is 0.846. The van der Waals surface area contributed by atoms with Crippen LogP contribution in [0.25, 0.3) is 0 Å². The molecule has 1 fully saturated rings. The Kier molecular flexibility index (Phi) is 4.02. The minimum atomic E-state index is -0.744. The summed E-state index contributed by atoms with van der Waals surface area (Å²) in [6.45, 7) is 8.19. The van der Waals surface area contributed by atoms with Crippen molar-refractivity contribution in [2.75, 3.05) is 6.54 Å². The van der Waals surface area contributed by atoms with E-state index < -0.39 is 5.60 Å². The second-order valence-electron chi connectivity index (χ2n) is 5.99. The van der Waals surface area contributed by atoms with Crippen molar-refractivity contribution >= 4 is 0 Å². The summed E-state index contributed by atoms with van der Waals surface area (Å²) < 4.78 is 1.73. The minimum Gasteiger partial charge on any atom is -0.388 e. The van der Waals surface area contributed by atoms with Crippen LogP contribution in [-0.4, -0.2) is 32.2 Å². The molecule has 0 aliphatic heterocycles. The molecular formula is C13H24N4O. The predicted molar refractivity (Wildman–Crippen MR) is 69.9 cm³/mol. The van der Waals surface area contributed by atoms with Crippen LogP contribution >= 0.6 is 0 Å². The number of hydrogen-bond acceptors (Lipinski definition) is 4. The van der Waals surface area contributed by atoms with Gasteiger partial charge in [-0.15, -0.1) is 5.10 Å². The van der Waals surface area contributed by atoms with Gasteiger partial charge in [0.05, 0.1) is 17.8 Å². The Labute approximate surface area is 109 Å². The largest absolute Gasteiger partial charge is 0.388 e. The summed E-state index contributed by atoms with van der Waals surface area (Å²) in [5.41, 5.74) is 0.196. The molecule has 0 radical (unpaired) electrons. The second-order valence-corrected chi connectivity index (χ2v) is 5.99. The number of nitrogens with zero attached hydrogens (tertiary/aromatic N) is 3. The first-order valence-corrected chi connectivity index (χ1v) is 6.79. The molecular weight excluding hydrogens is 228 g/mol. The standard InChI is InChI=1S/C13H24N4O/c1-10(2)13(3,18)9-17-8-12(15-16-17)7-14-6-11-4-5-11/h8,10-11,14,18H,4-7,9H2,1-3H3. The molecule has 1 aliphatic carbocycles. The van der Waals surface area contributed by atoms with Crippen LogP contribution in [0, 0.1) is 11.8 Å². The highest BCUT2D eigenvalue weighted by atomic mass is 16.3. The third-order valence-electron chi connectivity index (χ3n) is 3.75. The summed E-state index contributed by atoms with van der Waals surface area (Å²) in [5, 5.41) is 21.8. The first kappa shape index (κ1) is 13.5. The molecule has 0 saturated heterocycles. The first-order valence-electron chi connectivity index (χ1n) is 6.79. The van der Waals surface area contributed by atoms with Gasteiger partial charge in [0.15, 0.2) is 0 Å². The molecule has 2 rings (SSSR count). The topological polar surface area (TPSA) is 63.0 Å². The van der Waals surface area contributed by atoms with E-state index in [0.29, 0.717) is 6.54 Å². The van der Waals surface area contributed by atoms with Gasteiger partial charge < -0.3 is 10.4 Å². The van der Waals surface area contributed by atoms with Crippen LogP contribution in [0.15, 0.2) is 6.20 Å². The Morgan fingerprint density at radius 2 is 2.28 bits per heavy atom. The van der Waals surface area contributed by atoms with Crippen LogP contribution in [-0.2, 0) is 13.1 Å². The van der Waals surface area contributed by atoms with Crippen molar-refractivity contribution in [3.05, 3.63) is 11.9 Å². The number of aliphatic hydroxyl groups is 1. The lowest BCUT2D eigenvalue weighted by Crippen LogP contribution is -2.36. The highest BCUT2D eigenvalue weighted by molar-refractivity contribution is 4.93. The van der Waals surface area contributed by atoms with Gasteiger partial charge in [-0.3, -0.25) is 0 Å². The zero-order valence-electron chi connectivity index (χ0n) is 11.6. The van der Waals surface area contributed by atoms with E-state index in [1.54, 1.807) is 4.68 Å². The average molecular weight is 252 g/mol. The van der Waals surface area contributed by atoms with E-state index in [4.69, 9.17) is 0 Å². The van der Waals surface area contributed by atoms with Crippen molar-refractivity contribution in [2.24, 2.45) is 11.8 Å². The number of aromatic nitrogens is 3. The Hall–Kier alpha value is -0.940. The summed E-state index contributed by atoms with van der Waals surface area (Å²) in [5.74, 6) is 1.07. The summed E-state index contributed by atoms with van der Waals surface area (Å²) >= 11 is 0. The SMILES string of the molecule is CC(C)C(C)(O)Cn1cc(CNCC2CC2)nn1. The third-order valence-corrected chi connectivity index (χ3v) is 3.75. The van der Waals surface area contributed by atoms with Gasteiger partial charge in [-0.05, 0) is 38.1 Å². The highest BCUT2D eigenvalue weighted by Gasteiger charge is 2.26. The minimum absolute atomic E-state index is 0.193. The Morgan fingerprint density at radius 1 is 1.56 bits per heavy atom. The molecule has 1 saturated carbocycles. The van der Waals surface area contributed by atoms with Crippen LogP contribution in [0.5, 0.6) is 0 Å². The van der Waals surface area contributed by atoms with Crippen molar-refractivity contribution in [3.63, 3.8) is 0 Å². The van der Waals surface area contributed by atoms with Crippen molar-refractivity contribution in [2.45, 2.75) is 52.3 Å². The molecule has 1 aromatic heterocycles. The normalized spacial score (nSPS) is 19.2. The van der Waals surface area contributed by atoms with Crippen LogP contribution in [0.2, 0.25) is 0 Å². The maximum Gasteiger partial charge on any atom is 0.0964 e. The quantitative estimate of drug-likeness (QED) is 0.765. The molecule has 102 valence electrons. The van der Waals surface area contributed by atoms with E-state index in [2.05, 4.69) is 15.6 Å². The van der Waals surface area contributed by atoms with Gasteiger partial charge in [-0.2, -0.15) is 0 Å². The maximum absolute atomic E-state index is 10.2. The molecule has 5 nitrogen and oxygen atoms in total. The summed E-state index contributed by atoms with van der Waals surface area (Å²) in [6, 6.07) is 0. The fourth-order valence-electron chi connectivity index (χ4n) is 1.73. The van der Waals surface area contributed by atoms with Crippen LogP contribution < -0.4 is 5.32 Å². The first-order chi connectivity index (χ1) is 8.47. The molecule has 0 spiro atoms. The molecule has 1 aliphatic rings. The third kappa shape index (κ3) is 3.78. The zero-order chi connectivity index (χ0) is 13.2. The molecule has 0 amide bonds. The molecule has 1 atom stereocenters. The lowest BCUT2D eigenvalue weighted by Gasteiger charge is -2.26. The molecule has 0 bridgehead atoms. The molecule has 18 heavy (non-hydrogen) atoms. The molecule has 1 heterocycles. The van der Waals surface area contributed by atoms with Crippen molar-refractivity contribution in [1.82, 2.24) is 20.3 Å². The van der Waals surface area contributed by atoms with Crippen molar-refractivity contribution in [1.29, 1.82) is 0 Å². The van der Waals surface area contributed by atoms with E-state index in [0.717, 1.165) is 24.7 Å². The van der Waals surface area contributed by atoms with E-state index in [9.17, 15) is 5.11 Å². The van der Waals surface area contributed by atoms with Gasteiger partial charge in [0.1, 0.15) is 0 Å². The smallest absolute Gasteiger partial charge is 0.0964 e. The lowest BCUT2D eigenvalue weighted by molar-refractivity contribution is -0.00611. The fourth-order valence-corrected chi connectivity index (χ4v) is 1.73. The van der Waals surface area contributed by atoms with Crippen molar-refractivity contribution < 1.29 is 5.11 Å². The molecule has 2 N–H and O–H groups in total. The maximum atomic E-state index is 10.2. The number of rotatable bonds is 7. The Morgan fingerprint density at radius 3 is 2.89 bits per heavy atom. The zero-order valence-corrected chi connectivity index (χ0v) is 11.6. The monoisotopic (exact) mass is 252 g/mol. The average Bonchev–Trinajstić information content (AvgIpc) is 2.99. The van der Waals surface area contributed by atoms with E-state index in [1.807, 2.05) is 27.0 Å². The molecule has 0 aromatic carbocycles. The summed E-state index contributed by atoms with van der Waals surface area (Å²) in [6.07, 6.45) is 4.63. The van der Waals surface area contributed by atoms with E-state index in [-0.39, 0.29) is 5.92 Å². The van der Waals surface area contributed by atoms with Crippen LogP contribution in [0.3, 0.4) is 0 Å². The molecule has 1 unspecified atom stereocenters.